The molecule has 0 fully saturated rings. The molecule has 4 heteroatoms. The predicted molar refractivity (Wildman–Crippen MR) is 207 cm³/mol. The third-order valence-corrected chi connectivity index (χ3v) is 10.6. The van der Waals surface area contributed by atoms with Crippen LogP contribution >= 0.6 is 11.3 Å². The van der Waals surface area contributed by atoms with Crippen LogP contribution in [0.25, 0.3) is 97.8 Å². The molecule has 0 unspecified atom stereocenters. The lowest BCUT2D eigenvalue weighted by molar-refractivity contribution is 1.08. The Kier molecular flexibility index (Phi) is 6.36. The van der Waals surface area contributed by atoms with E-state index in [2.05, 4.69) is 164 Å². The largest absolute Gasteiger partial charge is 0.208 e. The third-order valence-electron chi connectivity index (χ3n) is 9.51. The van der Waals surface area contributed by atoms with Crippen LogP contribution in [0.1, 0.15) is 0 Å². The molecule has 228 valence electrons. The minimum atomic E-state index is 0.657. The molecule has 0 aliphatic heterocycles. The van der Waals surface area contributed by atoms with Gasteiger partial charge in [0, 0.05) is 36.9 Å². The Morgan fingerprint density at radius 1 is 0.327 bits per heavy atom. The highest BCUT2D eigenvalue weighted by atomic mass is 32.1. The van der Waals surface area contributed by atoms with E-state index in [1.54, 1.807) is 11.3 Å². The number of hydrogen-bond donors (Lipinski definition) is 0. The predicted octanol–water partition coefficient (Wildman–Crippen LogP) is 12.4. The van der Waals surface area contributed by atoms with Crippen molar-refractivity contribution in [3.8, 4) is 45.3 Å². The number of benzene rings is 8. The minimum Gasteiger partial charge on any atom is -0.208 e. The fraction of sp³-hybridized carbons (Fsp3) is 0. The zero-order valence-electron chi connectivity index (χ0n) is 26.3. The van der Waals surface area contributed by atoms with Gasteiger partial charge in [-0.1, -0.05) is 133 Å². The number of hydrogen-bond acceptors (Lipinski definition) is 4. The van der Waals surface area contributed by atoms with Gasteiger partial charge in [0.05, 0.1) is 0 Å². The Hall–Kier alpha value is -6.23. The fourth-order valence-electron chi connectivity index (χ4n) is 7.14. The molecule has 0 atom stereocenters. The minimum absolute atomic E-state index is 0.657. The van der Waals surface area contributed by atoms with Crippen molar-refractivity contribution in [3.63, 3.8) is 0 Å². The molecule has 2 heterocycles. The second kappa shape index (κ2) is 11.2. The molecule has 3 nitrogen and oxygen atoms in total. The first-order valence-corrected chi connectivity index (χ1v) is 17.3. The molecule has 0 aliphatic carbocycles. The standard InChI is InChI=1S/C45H27N3S/c1-3-12-30-26-32(22-20-28(30)10-1)34-24-25-37(36-15-6-5-14-35(34)36)44-46-43(33-23-21-29-11-2-4-13-31(29)27-33)47-45(48-44)39-17-9-19-41-42(39)38-16-7-8-18-40(38)49-41/h1-27H. The van der Waals surface area contributed by atoms with E-state index in [-0.39, 0.29) is 0 Å². The second-order valence-electron chi connectivity index (χ2n) is 12.4. The van der Waals surface area contributed by atoms with E-state index in [1.165, 1.54) is 47.5 Å². The molecule has 0 saturated heterocycles. The Bertz CT molecular complexity index is 2900. The summed E-state index contributed by atoms with van der Waals surface area (Å²) < 4.78 is 2.47. The number of thiophene rings is 1. The summed E-state index contributed by atoms with van der Waals surface area (Å²) in [5.41, 5.74) is 5.32. The molecule has 10 aromatic rings. The highest BCUT2D eigenvalue weighted by molar-refractivity contribution is 7.25. The van der Waals surface area contributed by atoms with Gasteiger partial charge in [0.15, 0.2) is 17.5 Å². The molecule has 10 rings (SSSR count). The van der Waals surface area contributed by atoms with Gasteiger partial charge in [-0.3, -0.25) is 0 Å². The Labute approximate surface area is 286 Å². The molecule has 0 amide bonds. The first kappa shape index (κ1) is 27.8. The third kappa shape index (κ3) is 4.68. The van der Waals surface area contributed by atoms with Crippen LogP contribution in [-0.4, -0.2) is 15.0 Å². The van der Waals surface area contributed by atoms with Crippen molar-refractivity contribution in [2.45, 2.75) is 0 Å². The topological polar surface area (TPSA) is 38.7 Å². The Balaban J connectivity index is 1.22. The maximum absolute atomic E-state index is 5.27. The molecule has 0 spiro atoms. The van der Waals surface area contributed by atoms with Gasteiger partial charge in [-0.15, -0.1) is 11.3 Å². The van der Waals surface area contributed by atoms with Gasteiger partial charge >= 0.3 is 0 Å². The van der Waals surface area contributed by atoms with Crippen LogP contribution in [0, 0.1) is 0 Å². The lowest BCUT2D eigenvalue weighted by atomic mass is 9.93. The molecule has 49 heavy (non-hydrogen) atoms. The van der Waals surface area contributed by atoms with Crippen molar-refractivity contribution < 1.29 is 0 Å². The van der Waals surface area contributed by atoms with Crippen LogP contribution in [0.4, 0.5) is 0 Å². The number of rotatable bonds is 4. The van der Waals surface area contributed by atoms with Crippen LogP contribution in [-0.2, 0) is 0 Å². The summed E-state index contributed by atoms with van der Waals surface area (Å²) in [5.74, 6) is 1.99. The molecule has 2 aromatic heterocycles. The SMILES string of the molecule is c1ccc2cc(-c3nc(-c4ccc(-c5ccc6ccccc6c5)c5ccccc45)nc(-c4cccc5sc6ccccc6c45)n3)ccc2c1. The van der Waals surface area contributed by atoms with Gasteiger partial charge in [-0.25, -0.2) is 15.0 Å². The van der Waals surface area contributed by atoms with Gasteiger partial charge < -0.3 is 0 Å². The van der Waals surface area contributed by atoms with Gasteiger partial charge in [0.1, 0.15) is 0 Å². The Morgan fingerprint density at radius 3 is 1.61 bits per heavy atom. The fourth-order valence-corrected chi connectivity index (χ4v) is 8.27. The van der Waals surface area contributed by atoms with Crippen molar-refractivity contribution in [2.24, 2.45) is 0 Å². The molecular weight excluding hydrogens is 615 g/mol. The van der Waals surface area contributed by atoms with Crippen LogP contribution < -0.4 is 0 Å². The van der Waals surface area contributed by atoms with Crippen LogP contribution in [0.3, 0.4) is 0 Å². The van der Waals surface area contributed by atoms with Gasteiger partial charge in [-0.2, -0.15) is 0 Å². The van der Waals surface area contributed by atoms with Crippen molar-refractivity contribution in [1.29, 1.82) is 0 Å². The van der Waals surface area contributed by atoms with Gasteiger partial charge in [0.25, 0.3) is 0 Å². The monoisotopic (exact) mass is 641 g/mol. The van der Waals surface area contributed by atoms with Crippen molar-refractivity contribution in [2.75, 3.05) is 0 Å². The number of aromatic nitrogens is 3. The highest BCUT2D eigenvalue weighted by Crippen LogP contribution is 2.41. The average Bonchev–Trinajstić information content (AvgIpc) is 3.56. The smallest absolute Gasteiger partial charge is 0.164 e. The van der Waals surface area contributed by atoms with Crippen LogP contribution in [0.5, 0.6) is 0 Å². The summed E-state index contributed by atoms with van der Waals surface area (Å²) in [7, 11) is 0. The summed E-state index contributed by atoms with van der Waals surface area (Å²) in [6.45, 7) is 0. The molecule has 0 N–H and O–H groups in total. The van der Waals surface area contributed by atoms with Crippen molar-refractivity contribution in [3.05, 3.63) is 164 Å². The molecular formula is C45H27N3S. The summed E-state index contributed by atoms with van der Waals surface area (Å²) in [6.07, 6.45) is 0. The zero-order chi connectivity index (χ0) is 32.3. The number of fused-ring (bicyclic) bond motifs is 6. The van der Waals surface area contributed by atoms with E-state index in [4.69, 9.17) is 15.0 Å². The van der Waals surface area contributed by atoms with Gasteiger partial charge in [-0.05, 0) is 73.8 Å². The molecule has 0 saturated carbocycles. The van der Waals surface area contributed by atoms with E-state index in [9.17, 15) is 0 Å². The molecule has 8 aromatic carbocycles. The maximum atomic E-state index is 5.27. The van der Waals surface area contributed by atoms with Crippen LogP contribution in [0.2, 0.25) is 0 Å². The lowest BCUT2D eigenvalue weighted by Crippen LogP contribution is -2.01. The first-order chi connectivity index (χ1) is 24.3. The number of nitrogens with zero attached hydrogens (tertiary/aromatic N) is 3. The van der Waals surface area contributed by atoms with Crippen molar-refractivity contribution in [1.82, 2.24) is 15.0 Å². The summed E-state index contributed by atoms with van der Waals surface area (Å²) in [6, 6.07) is 58.1. The van der Waals surface area contributed by atoms with Gasteiger partial charge in [0.2, 0.25) is 0 Å². The molecule has 0 bridgehead atoms. The Morgan fingerprint density at radius 2 is 0.857 bits per heavy atom. The van der Waals surface area contributed by atoms with E-state index in [0.717, 1.165) is 32.8 Å². The average molecular weight is 642 g/mol. The molecule has 0 radical (unpaired) electrons. The van der Waals surface area contributed by atoms with E-state index >= 15 is 0 Å². The van der Waals surface area contributed by atoms with E-state index in [0.29, 0.717) is 17.5 Å². The van der Waals surface area contributed by atoms with Crippen molar-refractivity contribution >= 4 is 63.8 Å². The summed E-state index contributed by atoms with van der Waals surface area (Å²) in [5, 5.41) is 9.47. The molecule has 0 aliphatic rings. The normalized spacial score (nSPS) is 11.7. The zero-order valence-corrected chi connectivity index (χ0v) is 27.2. The van der Waals surface area contributed by atoms with E-state index < -0.39 is 0 Å². The lowest BCUT2D eigenvalue weighted by Gasteiger charge is -2.14. The maximum Gasteiger partial charge on any atom is 0.164 e. The second-order valence-corrected chi connectivity index (χ2v) is 13.5. The summed E-state index contributed by atoms with van der Waals surface area (Å²) in [4.78, 5) is 15.7. The van der Waals surface area contributed by atoms with E-state index in [1.807, 2.05) is 0 Å². The first-order valence-electron chi connectivity index (χ1n) is 16.4. The quantitative estimate of drug-likeness (QED) is 0.192. The summed E-state index contributed by atoms with van der Waals surface area (Å²) >= 11 is 1.80. The van der Waals surface area contributed by atoms with Crippen LogP contribution in [0.15, 0.2) is 164 Å². The highest BCUT2D eigenvalue weighted by Gasteiger charge is 2.19.